The lowest BCUT2D eigenvalue weighted by molar-refractivity contribution is -0.385. The van der Waals surface area contributed by atoms with E-state index >= 15 is 0 Å². The minimum absolute atomic E-state index is 0.0302. The first-order valence-corrected chi connectivity index (χ1v) is 6.18. The zero-order chi connectivity index (χ0) is 12.8. The molecule has 0 bridgehead atoms. The molecule has 1 aromatic carbocycles. The van der Waals surface area contributed by atoms with Gasteiger partial charge in [-0.1, -0.05) is 15.9 Å². The number of ether oxygens (including phenoxy) is 1. The molecular weight excluding hydrogens is 290 g/mol. The van der Waals surface area contributed by atoms with E-state index < -0.39 is 4.92 Å². The molecule has 0 aromatic heterocycles. The van der Waals surface area contributed by atoms with Gasteiger partial charge < -0.3 is 4.74 Å². The molecule has 0 N–H and O–H groups in total. The van der Waals surface area contributed by atoms with Crippen LogP contribution >= 0.6 is 15.9 Å². The Balaban J connectivity index is 3.06. The Kier molecular flexibility index (Phi) is 5.09. The van der Waals surface area contributed by atoms with Crippen LogP contribution in [0.2, 0.25) is 0 Å². The molecule has 0 amide bonds. The summed E-state index contributed by atoms with van der Waals surface area (Å²) in [6.07, 6.45) is 0.0302. The number of nitro benzene ring substituents is 1. The van der Waals surface area contributed by atoms with Crippen molar-refractivity contribution in [3.63, 3.8) is 0 Å². The van der Waals surface area contributed by atoms with Crippen LogP contribution in [0.15, 0.2) is 18.2 Å². The number of nitrogens with zero attached hydrogens (tertiary/aromatic N) is 1. The van der Waals surface area contributed by atoms with Crippen molar-refractivity contribution in [3.8, 4) is 5.75 Å². The first-order valence-electron chi connectivity index (χ1n) is 5.06. The fourth-order valence-corrected chi connectivity index (χ4v) is 1.60. The highest BCUT2D eigenvalue weighted by molar-refractivity contribution is 9.09. The minimum Gasteiger partial charge on any atom is -0.494 e. The van der Waals surface area contributed by atoms with Crippen LogP contribution in [0.3, 0.4) is 0 Å². The Morgan fingerprint density at radius 2 is 2.24 bits per heavy atom. The van der Waals surface area contributed by atoms with E-state index in [4.69, 9.17) is 4.74 Å². The van der Waals surface area contributed by atoms with Crippen LogP contribution in [0.1, 0.15) is 12.5 Å². The van der Waals surface area contributed by atoms with Crippen molar-refractivity contribution in [2.75, 3.05) is 11.9 Å². The van der Waals surface area contributed by atoms with E-state index in [0.717, 1.165) is 0 Å². The maximum Gasteiger partial charge on any atom is 0.273 e. The normalized spacial score (nSPS) is 10.0. The standard InChI is InChI=1S/C11H12BrNO4/c1-2-17-10-3-4-11(13(15)16)8(6-10)5-9(14)7-12/h3-4,6H,2,5,7H2,1H3. The smallest absolute Gasteiger partial charge is 0.273 e. The van der Waals surface area contributed by atoms with Crippen LogP contribution in [0.5, 0.6) is 5.75 Å². The van der Waals surface area contributed by atoms with Gasteiger partial charge in [0.05, 0.1) is 16.9 Å². The van der Waals surface area contributed by atoms with Crippen molar-refractivity contribution >= 4 is 27.4 Å². The highest BCUT2D eigenvalue weighted by Gasteiger charge is 2.16. The molecule has 0 aliphatic carbocycles. The van der Waals surface area contributed by atoms with Crippen LogP contribution in [-0.2, 0) is 11.2 Å². The maximum absolute atomic E-state index is 11.3. The summed E-state index contributed by atoms with van der Waals surface area (Å²) in [6, 6.07) is 4.44. The van der Waals surface area contributed by atoms with Gasteiger partial charge >= 0.3 is 0 Å². The number of nitro groups is 1. The summed E-state index contributed by atoms with van der Waals surface area (Å²) >= 11 is 3.03. The predicted octanol–water partition coefficient (Wildman–Crippen LogP) is 2.50. The predicted molar refractivity (Wildman–Crippen MR) is 66.8 cm³/mol. The molecule has 0 unspecified atom stereocenters. The van der Waals surface area contributed by atoms with Crippen molar-refractivity contribution in [2.24, 2.45) is 0 Å². The van der Waals surface area contributed by atoms with Gasteiger partial charge in [0, 0.05) is 18.1 Å². The third-order valence-electron chi connectivity index (χ3n) is 2.10. The Morgan fingerprint density at radius 1 is 1.53 bits per heavy atom. The molecule has 0 saturated carbocycles. The van der Waals surface area contributed by atoms with Gasteiger partial charge in [0.15, 0.2) is 0 Å². The van der Waals surface area contributed by atoms with E-state index in [-0.39, 0.29) is 23.2 Å². The SMILES string of the molecule is CCOc1ccc([N+](=O)[O-])c(CC(=O)CBr)c1. The number of carbonyl (C=O) groups excluding carboxylic acids is 1. The number of carbonyl (C=O) groups is 1. The molecule has 1 rings (SSSR count). The van der Waals surface area contributed by atoms with Crippen LogP contribution < -0.4 is 4.74 Å². The molecule has 0 spiro atoms. The lowest BCUT2D eigenvalue weighted by Crippen LogP contribution is -2.06. The molecule has 0 atom stereocenters. The fourth-order valence-electron chi connectivity index (χ4n) is 1.40. The highest BCUT2D eigenvalue weighted by Crippen LogP contribution is 2.24. The summed E-state index contributed by atoms with van der Waals surface area (Å²) in [5.74, 6) is 0.428. The number of Topliss-reactive ketones (excluding diaryl/α,β-unsaturated/α-hetero) is 1. The van der Waals surface area contributed by atoms with Gasteiger partial charge in [-0.15, -0.1) is 0 Å². The fraction of sp³-hybridized carbons (Fsp3) is 0.364. The summed E-state index contributed by atoms with van der Waals surface area (Å²) < 4.78 is 5.25. The van der Waals surface area contributed by atoms with E-state index in [1.807, 2.05) is 6.92 Å². The first kappa shape index (κ1) is 13.6. The summed E-state index contributed by atoms with van der Waals surface area (Å²) in [5.41, 5.74) is 0.327. The van der Waals surface area contributed by atoms with Gasteiger partial charge in [-0.2, -0.15) is 0 Å². The summed E-state index contributed by atoms with van der Waals surface area (Å²) in [7, 11) is 0. The number of hydrogen-bond donors (Lipinski definition) is 0. The Bertz CT molecular complexity index is 433. The number of benzene rings is 1. The maximum atomic E-state index is 11.3. The molecule has 17 heavy (non-hydrogen) atoms. The van der Waals surface area contributed by atoms with Crippen molar-refractivity contribution in [3.05, 3.63) is 33.9 Å². The van der Waals surface area contributed by atoms with E-state index in [2.05, 4.69) is 15.9 Å². The van der Waals surface area contributed by atoms with E-state index in [0.29, 0.717) is 17.9 Å². The van der Waals surface area contributed by atoms with E-state index in [1.54, 1.807) is 6.07 Å². The van der Waals surface area contributed by atoms with Gasteiger partial charge in [-0.3, -0.25) is 14.9 Å². The van der Waals surface area contributed by atoms with Crippen LogP contribution in [0, 0.1) is 10.1 Å². The number of rotatable bonds is 6. The molecule has 0 fully saturated rings. The number of alkyl halides is 1. The molecule has 0 radical (unpaired) electrons. The summed E-state index contributed by atoms with van der Waals surface area (Å²) in [6.45, 7) is 2.30. The molecule has 5 nitrogen and oxygen atoms in total. The molecule has 6 heteroatoms. The number of hydrogen-bond acceptors (Lipinski definition) is 4. The van der Waals surface area contributed by atoms with Crippen LogP contribution in [0.4, 0.5) is 5.69 Å². The van der Waals surface area contributed by atoms with Gasteiger partial charge in [0.2, 0.25) is 0 Å². The van der Waals surface area contributed by atoms with Gasteiger partial charge in [-0.25, -0.2) is 0 Å². The molecular formula is C11H12BrNO4. The third-order valence-corrected chi connectivity index (χ3v) is 2.72. The molecule has 0 heterocycles. The van der Waals surface area contributed by atoms with Crippen molar-refractivity contribution in [1.29, 1.82) is 0 Å². The van der Waals surface area contributed by atoms with E-state index in [1.165, 1.54) is 12.1 Å². The molecule has 92 valence electrons. The third kappa shape index (κ3) is 3.81. The van der Waals surface area contributed by atoms with Gasteiger partial charge in [0.25, 0.3) is 5.69 Å². The lowest BCUT2D eigenvalue weighted by atomic mass is 10.1. The molecule has 1 aromatic rings. The topological polar surface area (TPSA) is 69.4 Å². The van der Waals surface area contributed by atoms with Crippen molar-refractivity contribution in [1.82, 2.24) is 0 Å². The van der Waals surface area contributed by atoms with E-state index in [9.17, 15) is 14.9 Å². The second kappa shape index (κ2) is 6.34. The van der Waals surface area contributed by atoms with Crippen LogP contribution in [0.25, 0.3) is 0 Å². The minimum atomic E-state index is -0.493. The largest absolute Gasteiger partial charge is 0.494 e. The van der Waals surface area contributed by atoms with Crippen LogP contribution in [-0.4, -0.2) is 22.6 Å². The number of ketones is 1. The highest BCUT2D eigenvalue weighted by atomic mass is 79.9. The Hall–Kier alpha value is -1.43. The molecule has 0 aliphatic heterocycles. The second-order valence-corrected chi connectivity index (χ2v) is 3.89. The average Bonchev–Trinajstić information content (AvgIpc) is 2.29. The zero-order valence-corrected chi connectivity index (χ0v) is 10.9. The van der Waals surface area contributed by atoms with Crippen molar-refractivity contribution < 1.29 is 14.5 Å². The number of halogens is 1. The molecule has 0 saturated heterocycles. The zero-order valence-electron chi connectivity index (χ0n) is 9.31. The Morgan fingerprint density at radius 3 is 2.76 bits per heavy atom. The lowest BCUT2D eigenvalue weighted by Gasteiger charge is -2.06. The Labute approximate surface area is 107 Å². The second-order valence-electron chi connectivity index (χ2n) is 3.33. The average molecular weight is 302 g/mol. The summed E-state index contributed by atoms with van der Waals surface area (Å²) in [4.78, 5) is 21.6. The first-order chi connectivity index (χ1) is 8.08. The molecule has 0 aliphatic rings. The van der Waals surface area contributed by atoms with Crippen molar-refractivity contribution in [2.45, 2.75) is 13.3 Å². The summed E-state index contributed by atoms with van der Waals surface area (Å²) in [5, 5.41) is 11.0. The van der Waals surface area contributed by atoms with Gasteiger partial charge in [-0.05, 0) is 19.1 Å². The van der Waals surface area contributed by atoms with Gasteiger partial charge in [0.1, 0.15) is 11.5 Å². The monoisotopic (exact) mass is 301 g/mol. The quantitative estimate of drug-likeness (QED) is 0.460.